The highest BCUT2D eigenvalue weighted by molar-refractivity contribution is 5.82. The third-order valence-electron chi connectivity index (χ3n) is 5.94. The largest absolute Gasteiger partial charge is 0.423 e. The highest BCUT2D eigenvalue weighted by Crippen LogP contribution is 2.27. The molecule has 152 valence electrons. The average molecular weight is 391 g/mol. The Morgan fingerprint density at radius 1 is 1.17 bits per heavy atom. The van der Waals surface area contributed by atoms with Crippen LogP contribution in [-0.2, 0) is 13.1 Å². The van der Waals surface area contributed by atoms with Crippen molar-refractivity contribution >= 4 is 11.0 Å². The minimum Gasteiger partial charge on any atom is -0.423 e. The van der Waals surface area contributed by atoms with Gasteiger partial charge in [0.05, 0.1) is 0 Å². The van der Waals surface area contributed by atoms with E-state index in [4.69, 9.17) is 4.42 Å². The fraction of sp³-hybridized carbons (Fsp3) is 0.400. The molecule has 2 heterocycles. The number of nitrogens with zero attached hydrogens (tertiary/aromatic N) is 1. The molecule has 4 nitrogen and oxygen atoms in total. The van der Waals surface area contributed by atoms with Crippen LogP contribution < -0.4 is 10.9 Å². The van der Waals surface area contributed by atoms with Crippen LogP contribution in [0.15, 0.2) is 57.7 Å². The Balaban J connectivity index is 1.47. The van der Waals surface area contributed by atoms with E-state index >= 15 is 0 Å². The van der Waals surface area contributed by atoms with Crippen molar-refractivity contribution in [3.63, 3.8) is 0 Å². The topological polar surface area (TPSA) is 45.5 Å². The molecule has 1 atom stereocenters. The standard InChI is InChI=1S/C25H30N2O2/c1-17(2)22-13-23-20(12-25(28)29-24(23)11-18(22)3)14-26-21-9-10-27(16-21)15-19-7-5-4-6-8-19/h4-8,11-13,17,21,26H,9-10,14-16H2,1-3H3/t21-/m1/s1. The third-order valence-corrected chi connectivity index (χ3v) is 5.94. The first kappa shape index (κ1) is 19.9. The molecule has 4 rings (SSSR count). The van der Waals surface area contributed by atoms with Crippen LogP contribution in [0.25, 0.3) is 11.0 Å². The molecule has 1 fully saturated rings. The van der Waals surface area contributed by atoms with Gasteiger partial charge in [0.15, 0.2) is 0 Å². The Labute approximate surface area is 172 Å². The van der Waals surface area contributed by atoms with E-state index in [2.05, 4.69) is 67.4 Å². The Kier molecular flexibility index (Phi) is 5.84. The number of aryl methyl sites for hydroxylation is 1. The van der Waals surface area contributed by atoms with E-state index in [1.807, 2.05) is 6.07 Å². The van der Waals surface area contributed by atoms with Crippen LogP contribution in [-0.4, -0.2) is 24.0 Å². The van der Waals surface area contributed by atoms with Gasteiger partial charge in [-0.2, -0.15) is 0 Å². The lowest BCUT2D eigenvalue weighted by atomic mass is 9.95. The van der Waals surface area contributed by atoms with E-state index < -0.39 is 0 Å². The molecule has 3 aromatic rings. The summed E-state index contributed by atoms with van der Waals surface area (Å²) in [7, 11) is 0. The minimum atomic E-state index is -0.275. The molecule has 0 amide bonds. The van der Waals surface area contributed by atoms with Gasteiger partial charge in [-0.15, -0.1) is 0 Å². The molecular formula is C25H30N2O2. The molecule has 0 unspecified atom stereocenters. The van der Waals surface area contributed by atoms with Gasteiger partial charge in [-0.1, -0.05) is 44.2 Å². The van der Waals surface area contributed by atoms with Gasteiger partial charge in [-0.25, -0.2) is 4.79 Å². The maximum atomic E-state index is 12.1. The summed E-state index contributed by atoms with van der Waals surface area (Å²) in [6, 6.07) is 16.9. The Bertz CT molecular complexity index is 1040. The minimum absolute atomic E-state index is 0.275. The average Bonchev–Trinajstić information content (AvgIpc) is 3.13. The molecule has 1 saturated heterocycles. The van der Waals surface area contributed by atoms with Crippen LogP contribution in [0, 0.1) is 6.92 Å². The summed E-state index contributed by atoms with van der Waals surface area (Å²) in [6.45, 7) is 10.3. The van der Waals surface area contributed by atoms with E-state index in [0.717, 1.165) is 37.0 Å². The lowest BCUT2D eigenvalue weighted by Crippen LogP contribution is -2.32. The highest BCUT2D eigenvalue weighted by Gasteiger charge is 2.22. The monoisotopic (exact) mass is 390 g/mol. The van der Waals surface area contributed by atoms with Crippen LogP contribution in [0.5, 0.6) is 0 Å². The van der Waals surface area contributed by atoms with Crippen molar-refractivity contribution in [1.29, 1.82) is 0 Å². The molecular weight excluding hydrogens is 360 g/mol. The molecule has 0 aliphatic carbocycles. The van der Waals surface area contributed by atoms with Crippen molar-refractivity contribution in [3.05, 3.63) is 81.2 Å². The molecule has 0 saturated carbocycles. The third kappa shape index (κ3) is 4.60. The molecule has 1 aliphatic rings. The van der Waals surface area contributed by atoms with Crippen molar-refractivity contribution in [2.45, 2.75) is 52.2 Å². The fourth-order valence-electron chi connectivity index (χ4n) is 4.40. The van der Waals surface area contributed by atoms with Gasteiger partial charge in [-0.05, 0) is 53.6 Å². The van der Waals surface area contributed by atoms with Gasteiger partial charge < -0.3 is 9.73 Å². The van der Waals surface area contributed by atoms with Gasteiger partial charge >= 0.3 is 5.63 Å². The first-order valence-electron chi connectivity index (χ1n) is 10.6. The SMILES string of the molecule is Cc1cc2oc(=O)cc(CN[C@@H]3CCN(Cc4ccccc4)C3)c2cc1C(C)C. The van der Waals surface area contributed by atoms with Gasteiger partial charge in [0.1, 0.15) is 5.58 Å². The molecule has 0 radical (unpaired) electrons. The van der Waals surface area contributed by atoms with Gasteiger partial charge in [0, 0.05) is 43.7 Å². The summed E-state index contributed by atoms with van der Waals surface area (Å²) in [5.41, 5.74) is 5.28. The molecule has 4 heteroatoms. The lowest BCUT2D eigenvalue weighted by molar-refractivity contribution is 0.320. The normalized spacial score (nSPS) is 17.4. The highest BCUT2D eigenvalue weighted by atomic mass is 16.4. The second-order valence-corrected chi connectivity index (χ2v) is 8.54. The van der Waals surface area contributed by atoms with Crippen LogP contribution in [0.4, 0.5) is 0 Å². The molecule has 0 spiro atoms. The lowest BCUT2D eigenvalue weighted by Gasteiger charge is -2.17. The molecule has 1 aliphatic heterocycles. The summed E-state index contributed by atoms with van der Waals surface area (Å²) in [5.74, 6) is 0.438. The molecule has 1 N–H and O–H groups in total. The van der Waals surface area contributed by atoms with Crippen molar-refractivity contribution in [2.75, 3.05) is 13.1 Å². The van der Waals surface area contributed by atoms with Crippen LogP contribution in [0.2, 0.25) is 0 Å². The van der Waals surface area contributed by atoms with Crippen molar-refractivity contribution < 1.29 is 4.42 Å². The van der Waals surface area contributed by atoms with Crippen LogP contribution in [0.1, 0.15) is 48.4 Å². The molecule has 2 aromatic carbocycles. The van der Waals surface area contributed by atoms with Crippen molar-refractivity contribution in [1.82, 2.24) is 10.2 Å². The number of likely N-dealkylation sites (tertiary alicyclic amines) is 1. The van der Waals surface area contributed by atoms with E-state index in [9.17, 15) is 4.79 Å². The zero-order chi connectivity index (χ0) is 20.4. The summed E-state index contributed by atoms with van der Waals surface area (Å²) in [4.78, 5) is 14.6. The first-order chi connectivity index (χ1) is 14.0. The van der Waals surface area contributed by atoms with E-state index in [-0.39, 0.29) is 5.63 Å². The summed E-state index contributed by atoms with van der Waals surface area (Å²) in [5, 5.41) is 4.72. The Hall–Kier alpha value is -2.43. The second-order valence-electron chi connectivity index (χ2n) is 8.54. The zero-order valence-electron chi connectivity index (χ0n) is 17.6. The zero-order valence-corrected chi connectivity index (χ0v) is 17.6. The van der Waals surface area contributed by atoms with Crippen molar-refractivity contribution in [2.24, 2.45) is 0 Å². The maximum Gasteiger partial charge on any atom is 0.336 e. The second kappa shape index (κ2) is 8.52. The molecule has 0 bridgehead atoms. The van der Waals surface area contributed by atoms with E-state index in [1.165, 1.54) is 16.7 Å². The van der Waals surface area contributed by atoms with Crippen LogP contribution >= 0.6 is 0 Å². The number of fused-ring (bicyclic) bond motifs is 1. The predicted molar refractivity (Wildman–Crippen MR) is 118 cm³/mol. The summed E-state index contributed by atoms with van der Waals surface area (Å²) >= 11 is 0. The number of benzene rings is 2. The summed E-state index contributed by atoms with van der Waals surface area (Å²) < 4.78 is 5.48. The molecule has 1 aromatic heterocycles. The van der Waals surface area contributed by atoms with Gasteiger partial charge in [0.2, 0.25) is 0 Å². The Morgan fingerprint density at radius 2 is 1.97 bits per heavy atom. The smallest absolute Gasteiger partial charge is 0.336 e. The summed E-state index contributed by atoms with van der Waals surface area (Å²) in [6.07, 6.45) is 1.13. The fourth-order valence-corrected chi connectivity index (χ4v) is 4.40. The van der Waals surface area contributed by atoms with Gasteiger partial charge in [0.25, 0.3) is 0 Å². The molecule has 29 heavy (non-hydrogen) atoms. The Morgan fingerprint density at radius 3 is 2.72 bits per heavy atom. The predicted octanol–water partition coefficient (Wildman–Crippen LogP) is 4.59. The number of hydrogen-bond donors (Lipinski definition) is 1. The maximum absolute atomic E-state index is 12.1. The van der Waals surface area contributed by atoms with E-state index in [0.29, 0.717) is 24.1 Å². The quantitative estimate of drug-likeness (QED) is 0.626. The number of rotatable bonds is 6. The number of hydrogen-bond acceptors (Lipinski definition) is 4. The number of nitrogens with one attached hydrogen (secondary N) is 1. The van der Waals surface area contributed by atoms with Crippen LogP contribution in [0.3, 0.4) is 0 Å². The van der Waals surface area contributed by atoms with Crippen molar-refractivity contribution in [3.8, 4) is 0 Å². The van der Waals surface area contributed by atoms with E-state index in [1.54, 1.807) is 6.07 Å². The van der Waals surface area contributed by atoms with Gasteiger partial charge in [-0.3, -0.25) is 4.90 Å². The first-order valence-corrected chi connectivity index (χ1v) is 10.6.